The summed E-state index contributed by atoms with van der Waals surface area (Å²) in [7, 11) is 0. The second kappa shape index (κ2) is 5.35. The van der Waals surface area contributed by atoms with Gasteiger partial charge in [0.2, 0.25) is 0 Å². The zero-order chi connectivity index (χ0) is 9.80. The summed E-state index contributed by atoms with van der Waals surface area (Å²) in [5.41, 5.74) is 0. The number of nitrogens with one attached hydrogen (secondary N) is 1. The van der Waals surface area contributed by atoms with Gasteiger partial charge in [0.15, 0.2) is 0 Å². The third-order valence-electron chi connectivity index (χ3n) is 2.80. The summed E-state index contributed by atoms with van der Waals surface area (Å²) in [4.78, 5) is 2.53. The maximum absolute atomic E-state index is 5.53. The molecule has 4 heteroatoms. The van der Waals surface area contributed by atoms with Crippen molar-refractivity contribution in [3.8, 4) is 0 Å². The monoisotopic (exact) mass is 216 g/mol. The molecule has 2 aliphatic heterocycles. The fourth-order valence-electron chi connectivity index (χ4n) is 2.11. The zero-order valence-electron chi connectivity index (χ0n) is 8.87. The number of hydrogen-bond donors (Lipinski definition) is 1. The van der Waals surface area contributed by atoms with E-state index in [2.05, 4.69) is 28.9 Å². The highest BCUT2D eigenvalue weighted by atomic mass is 32.2. The van der Waals surface area contributed by atoms with Gasteiger partial charge in [-0.15, -0.1) is 0 Å². The molecule has 2 aliphatic rings. The summed E-state index contributed by atoms with van der Waals surface area (Å²) in [6, 6.07) is 0.694. The topological polar surface area (TPSA) is 24.5 Å². The van der Waals surface area contributed by atoms with E-state index < -0.39 is 0 Å². The van der Waals surface area contributed by atoms with Crippen LogP contribution in [0.5, 0.6) is 0 Å². The molecule has 2 fully saturated rings. The number of ether oxygens (including phenoxy) is 1. The fourth-order valence-corrected chi connectivity index (χ4v) is 3.04. The van der Waals surface area contributed by atoms with Crippen LogP contribution in [0.3, 0.4) is 0 Å². The van der Waals surface area contributed by atoms with Crippen molar-refractivity contribution in [2.45, 2.75) is 19.1 Å². The predicted molar refractivity (Wildman–Crippen MR) is 61.0 cm³/mol. The molecule has 1 N–H and O–H groups in total. The standard InChI is InChI=1S/C10H20N2OS/c1-9-6-12(3-4-13-9)7-10-8-14-5-2-11-10/h9-11H,2-8H2,1H3. The van der Waals surface area contributed by atoms with Crippen LogP contribution in [0.1, 0.15) is 6.92 Å². The highest BCUT2D eigenvalue weighted by molar-refractivity contribution is 7.99. The lowest BCUT2D eigenvalue weighted by atomic mass is 10.2. The molecule has 14 heavy (non-hydrogen) atoms. The van der Waals surface area contributed by atoms with Gasteiger partial charge in [-0.05, 0) is 6.92 Å². The van der Waals surface area contributed by atoms with Crippen LogP contribution in [0.2, 0.25) is 0 Å². The first-order valence-electron chi connectivity index (χ1n) is 5.49. The summed E-state index contributed by atoms with van der Waals surface area (Å²) in [5.74, 6) is 2.54. The van der Waals surface area contributed by atoms with Crippen molar-refractivity contribution < 1.29 is 4.74 Å². The third kappa shape index (κ3) is 3.12. The molecule has 0 aromatic carbocycles. The lowest BCUT2D eigenvalue weighted by Gasteiger charge is -2.35. The van der Waals surface area contributed by atoms with Crippen LogP contribution >= 0.6 is 11.8 Å². The molecule has 2 atom stereocenters. The van der Waals surface area contributed by atoms with Gasteiger partial charge >= 0.3 is 0 Å². The Bertz CT molecular complexity index is 174. The smallest absolute Gasteiger partial charge is 0.0674 e. The van der Waals surface area contributed by atoms with Gasteiger partial charge in [-0.2, -0.15) is 11.8 Å². The number of rotatable bonds is 2. The Morgan fingerprint density at radius 3 is 3.21 bits per heavy atom. The molecule has 2 heterocycles. The molecule has 0 amide bonds. The Balaban J connectivity index is 1.72. The van der Waals surface area contributed by atoms with Gasteiger partial charge in [-0.25, -0.2) is 0 Å². The summed E-state index contributed by atoms with van der Waals surface area (Å²) in [6.07, 6.45) is 0.417. The Morgan fingerprint density at radius 1 is 1.57 bits per heavy atom. The van der Waals surface area contributed by atoms with Crippen LogP contribution in [-0.4, -0.2) is 61.3 Å². The quantitative estimate of drug-likeness (QED) is 0.723. The van der Waals surface area contributed by atoms with Gasteiger partial charge in [-0.3, -0.25) is 4.90 Å². The minimum absolute atomic E-state index is 0.417. The molecule has 3 nitrogen and oxygen atoms in total. The van der Waals surface area contributed by atoms with Crippen LogP contribution in [0.15, 0.2) is 0 Å². The summed E-state index contributed by atoms with van der Waals surface area (Å²) in [5, 5.41) is 3.58. The fraction of sp³-hybridized carbons (Fsp3) is 1.00. The lowest BCUT2D eigenvalue weighted by molar-refractivity contribution is -0.0202. The molecular formula is C10H20N2OS. The molecule has 82 valence electrons. The maximum atomic E-state index is 5.53. The predicted octanol–water partition coefficient (Wildman–Crippen LogP) is 0.412. The van der Waals surface area contributed by atoms with Crippen molar-refractivity contribution in [2.75, 3.05) is 44.3 Å². The zero-order valence-corrected chi connectivity index (χ0v) is 9.68. The van der Waals surface area contributed by atoms with Crippen LogP contribution in [0.25, 0.3) is 0 Å². The van der Waals surface area contributed by atoms with Crippen LogP contribution in [-0.2, 0) is 4.74 Å². The largest absolute Gasteiger partial charge is 0.376 e. The van der Waals surface area contributed by atoms with Crippen molar-refractivity contribution >= 4 is 11.8 Å². The summed E-state index contributed by atoms with van der Waals surface area (Å²) < 4.78 is 5.53. The minimum atomic E-state index is 0.417. The van der Waals surface area contributed by atoms with Crippen molar-refractivity contribution in [1.82, 2.24) is 10.2 Å². The van der Waals surface area contributed by atoms with Crippen molar-refractivity contribution in [1.29, 1.82) is 0 Å². The van der Waals surface area contributed by atoms with Crippen molar-refractivity contribution in [2.24, 2.45) is 0 Å². The summed E-state index contributed by atoms with van der Waals surface area (Å²) >= 11 is 2.07. The molecule has 0 saturated carbocycles. The molecule has 2 unspecified atom stereocenters. The Hall–Kier alpha value is 0.230. The Labute approximate surface area is 90.6 Å². The van der Waals surface area contributed by atoms with Gasteiger partial charge < -0.3 is 10.1 Å². The van der Waals surface area contributed by atoms with Crippen molar-refractivity contribution in [3.05, 3.63) is 0 Å². The van der Waals surface area contributed by atoms with E-state index in [4.69, 9.17) is 4.74 Å². The summed E-state index contributed by atoms with van der Waals surface area (Å²) in [6.45, 7) is 7.64. The van der Waals surface area contributed by atoms with E-state index in [-0.39, 0.29) is 0 Å². The lowest BCUT2D eigenvalue weighted by Crippen LogP contribution is -2.50. The molecule has 2 rings (SSSR count). The number of thioether (sulfide) groups is 1. The van der Waals surface area contributed by atoms with Crippen LogP contribution < -0.4 is 5.32 Å². The number of nitrogens with zero attached hydrogens (tertiary/aromatic N) is 1. The van der Waals surface area contributed by atoms with E-state index in [0.29, 0.717) is 12.1 Å². The highest BCUT2D eigenvalue weighted by Gasteiger charge is 2.21. The maximum Gasteiger partial charge on any atom is 0.0674 e. The number of morpholine rings is 1. The van der Waals surface area contributed by atoms with Gasteiger partial charge in [0, 0.05) is 43.7 Å². The van der Waals surface area contributed by atoms with E-state index in [1.807, 2.05) is 0 Å². The van der Waals surface area contributed by atoms with E-state index in [1.165, 1.54) is 24.6 Å². The molecule has 0 spiro atoms. The first kappa shape index (κ1) is 10.7. The van der Waals surface area contributed by atoms with Crippen LogP contribution in [0, 0.1) is 0 Å². The SMILES string of the molecule is CC1CN(CC2CSCCN2)CCO1. The second-order valence-electron chi connectivity index (χ2n) is 4.17. The van der Waals surface area contributed by atoms with E-state index in [1.54, 1.807) is 0 Å². The average molecular weight is 216 g/mol. The van der Waals surface area contributed by atoms with Crippen molar-refractivity contribution in [3.63, 3.8) is 0 Å². The normalized spacial score (nSPS) is 35.8. The van der Waals surface area contributed by atoms with Gasteiger partial charge in [-0.1, -0.05) is 0 Å². The highest BCUT2D eigenvalue weighted by Crippen LogP contribution is 2.11. The molecule has 0 aliphatic carbocycles. The minimum Gasteiger partial charge on any atom is -0.376 e. The third-order valence-corrected chi connectivity index (χ3v) is 3.93. The average Bonchev–Trinajstić information content (AvgIpc) is 2.19. The molecule has 0 radical (unpaired) electrons. The molecule has 0 aromatic heterocycles. The van der Waals surface area contributed by atoms with E-state index >= 15 is 0 Å². The van der Waals surface area contributed by atoms with Crippen LogP contribution in [0.4, 0.5) is 0 Å². The number of hydrogen-bond acceptors (Lipinski definition) is 4. The Morgan fingerprint density at radius 2 is 2.50 bits per heavy atom. The molecule has 0 aromatic rings. The van der Waals surface area contributed by atoms with E-state index in [9.17, 15) is 0 Å². The van der Waals surface area contributed by atoms with Gasteiger partial charge in [0.25, 0.3) is 0 Å². The molecule has 2 saturated heterocycles. The van der Waals surface area contributed by atoms with Gasteiger partial charge in [0.05, 0.1) is 12.7 Å². The van der Waals surface area contributed by atoms with Gasteiger partial charge in [0.1, 0.15) is 0 Å². The van der Waals surface area contributed by atoms with E-state index in [0.717, 1.165) is 19.7 Å². The first-order valence-corrected chi connectivity index (χ1v) is 6.65. The molecular weight excluding hydrogens is 196 g/mol. The first-order chi connectivity index (χ1) is 6.84. The molecule has 0 bridgehead atoms. The Kier molecular flexibility index (Phi) is 4.10. The second-order valence-corrected chi connectivity index (χ2v) is 5.32.